The molecule has 0 bridgehead atoms. The normalized spacial score (nSPS) is 9.37. The second kappa shape index (κ2) is 16.1. The summed E-state index contributed by atoms with van der Waals surface area (Å²) in [5.41, 5.74) is 5.19. The molecule has 0 aliphatic carbocycles. The van der Waals surface area contributed by atoms with E-state index < -0.39 is 0 Å². The molecule has 0 spiro atoms. The fourth-order valence-electron chi connectivity index (χ4n) is 3.43. The van der Waals surface area contributed by atoms with Crippen LogP contribution in [0.15, 0.2) is 134 Å². The van der Waals surface area contributed by atoms with Crippen molar-refractivity contribution in [3.8, 4) is 0 Å². The summed E-state index contributed by atoms with van der Waals surface area (Å²) in [6.07, 6.45) is 3.65. The Balaban J connectivity index is 0.000000188. The molecule has 0 atom stereocenters. The molecule has 176 valence electrons. The van der Waals surface area contributed by atoms with Crippen LogP contribution in [0.3, 0.4) is 0 Å². The molecule has 2 heterocycles. The van der Waals surface area contributed by atoms with Crippen molar-refractivity contribution in [2.75, 3.05) is 0 Å². The summed E-state index contributed by atoms with van der Waals surface area (Å²) in [7, 11) is 0. The van der Waals surface area contributed by atoms with E-state index in [9.17, 15) is 0 Å². The molecule has 0 amide bonds. The maximum absolute atomic E-state index is 4.12. The zero-order chi connectivity index (χ0) is 22.6. The number of aromatic nitrogens is 2. The Kier molecular flexibility index (Phi) is 13.1. The van der Waals surface area contributed by atoms with E-state index in [0.717, 1.165) is 11.0 Å². The first-order valence-corrected chi connectivity index (χ1v) is 15.1. The predicted octanol–water partition coefficient (Wildman–Crippen LogP) is 7.53. The van der Waals surface area contributed by atoms with Crippen LogP contribution in [0.4, 0.5) is 0 Å². The molecule has 2 aromatic heterocycles. The molecule has 4 aromatic carbocycles. The first-order valence-electron chi connectivity index (χ1n) is 11.1. The van der Waals surface area contributed by atoms with Gasteiger partial charge in [-0.25, -0.2) is 0 Å². The zero-order valence-electron chi connectivity index (χ0n) is 19.3. The van der Waals surface area contributed by atoms with Crippen molar-refractivity contribution in [1.82, 2.24) is 9.97 Å². The Morgan fingerprint density at radius 2 is 0.800 bits per heavy atom. The van der Waals surface area contributed by atoms with Crippen LogP contribution in [0, 0.1) is 0 Å². The van der Waals surface area contributed by atoms with E-state index in [0.29, 0.717) is 0 Å². The topological polar surface area (TPSA) is 28.2 Å². The number of fused-ring (bicyclic) bond motifs is 2. The van der Waals surface area contributed by atoms with E-state index in [2.05, 4.69) is 82.8 Å². The second-order valence-electron chi connectivity index (χ2n) is 7.58. The minimum atomic E-state index is -0.258. The molecule has 0 fully saturated rings. The average molecular weight is 606 g/mol. The minimum absolute atomic E-state index is 0. The van der Waals surface area contributed by atoms with Crippen molar-refractivity contribution >= 4 is 67.8 Å². The SMILES string of the molecule is Cl.Cl.c1ccc([CH2][Sn+2][CH2]c2ccccc2)cc1.c1ccc2[n-]ccc2c1.c1ccc2[n-]ccc2c1. The van der Waals surface area contributed by atoms with E-state index in [4.69, 9.17) is 0 Å². The number of rotatable bonds is 4. The van der Waals surface area contributed by atoms with Gasteiger partial charge >= 0.3 is 102 Å². The second-order valence-corrected chi connectivity index (χ2v) is 11.0. The average Bonchev–Trinajstić information content (AvgIpc) is 3.56. The van der Waals surface area contributed by atoms with Gasteiger partial charge in [-0.2, -0.15) is 12.4 Å². The predicted molar refractivity (Wildman–Crippen MR) is 155 cm³/mol. The largest absolute Gasteiger partial charge is 0.664 e. The van der Waals surface area contributed by atoms with Crippen LogP contribution in [0.1, 0.15) is 11.1 Å². The van der Waals surface area contributed by atoms with Gasteiger partial charge in [-0.05, 0) is 10.8 Å². The van der Waals surface area contributed by atoms with Gasteiger partial charge in [-0.15, -0.1) is 35.8 Å². The Morgan fingerprint density at radius 1 is 0.429 bits per heavy atom. The molecule has 2 nitrogen and oxygen atoms in total. The third-order valence-corrected chi connectivity index (χ3v) is 8.91. The summed E-state index contributed by atoms with van der Waals surface area (Å²) in [5, 5.41) is 2.44. The summed E-state index contributed by atoms with van der Waals surface area (Å²) < 4.78 is 2.69. The van der Waals surface area contributed by atoms with Crippen LogP contribution in [-0.2, 0) is 8.87 Å². The number of hydrogen-bond donors (Lipinski definition) is 0. The number of hydrogen-bond acceptors (Lipinski definition) is 0. The van der Waals surface area contributed by atoms with Crippen LogP contribution >= 0.6 is 24.8 Å². The fraction of sp³-hybridized carbons (Fsp3) is 0.0667. The van der Waals surface area contributed by atoms with E-state index in [1.54, 1.807) is 0 Å². The molecule has 6 rings (SSSR count). The first-order chi connectivity index (χ1) is 16.4. The van der Waals surface area contributed by atoms with Crippen LogP contribution in [-0.4, -0.2) is 21.1 Å². The summed E-state index contributed by atoms with van der Waals surface area (Å²) >= 11 is -0.258. The third kappa shape index (κ3) is 9.48. The molecule has 0 unspecified atom stereocenters. The van der Waals surface area contributed by atoms with Crippen molar-refractivity contribution < 1.29 is 0 Å². The molecule has 6 aromatic rings. The number of halogens is 2. The molecule has 0 radical (unpaired) electrons. The summed E-state index contributed by atoms with van der Waals surface area (Å²) in [5.74, 6) is 0. The molecule has 0 saturated carbocycles. The van der Waals surface area contributed by atoms with Gasteiger partial charge in [0.2, 0.25) is 0 Å². The molecule has 0 aliphatic heterocycles. The monoisotopic (exact) mass is 606 g/mol. The van der Waals surface area contributed by atoms with Crippen molar-refractivity contribution in [2.24, 2.45) is 0 Å². The number of benzene rings is 4. The van der Waals surface area contributed by atoms with Crippen molar-refractivity contribution in [3.63, 3.8) is 0 Å². The van der Waals surface area contributed by atoms with E-state index in [-0.39, 0.29) is 46.0 Å². The molecule has 5 heteroatoms. The van der Waals surface area contributed by atoms with Gasteiger partial charge in [0, 0.05) is 0 Å². The van der Waals surface area contributed by atoms with Crippen LogP contribution in [0.2, 0.25) is 0 Å². The maximum Gasteiger partial charge on any atom is -0.0422 e. The van der Waals surface area contributed by atoms with Gasteiger partial charge in [0.1, 0.15) is 0 Å². The van der Waals surface area contributed by atoms with Gasteiger partial charge in [0.05, 0.1) is 0 Å². The maximum atomic E-state index is 4.12. The molecule has 0 N–H and O–H groups in total. The molecule has 0 saturated heterocycles. The van der Waals surface area contributed by atoms with E-state index in [1.807, 2.05) is 60.9 Å². The smallest absolute Gasteiger partial charge is 0.0422 e. The Bertz CT molecular complexity index is 1180. The zero-order valence-corrected chi connectivity index (χ0v) is 23.8. The van der Waals surface area contributed by atoms with Gasteiger partial charge in [-0.3, -0.25) is 0 Å². The Morgan fingerprint density at radius 3 is 1.20 bits per heavy atom. The quantitative estimate of drug-likeness (QED) is 0.194. The molecule has 0 aliphatic rings. The Labute approximate surface area is 230 Å². The van der Waals surface area contributed by atoms with Crippen molar-refractivity contribution in [3.05, 3.63) is 145 Å². The van der Waals surface area contributed by atoms with Crippen LogP contribution < -0.4 is 9.97 Å². The Hall–Kier alpha value is -2.66. The first kappa shape index (κ1) is 28.6. The molecular formula is C30H28Cl2N2Sn. The summed E-state index contributed by atoms with van der Waals surface area (Å²) in [6.45, 7) is 0. The fourth-order valence-corrected chi connectivity index (χ4v) is 6.78. The van der Waals surface area contributed by atoms with Gasteiger partial charge in [0.25, 0.3) is 0 Å². The third-order valence-electron chi connectivity index (χ3n) is 5.15. The van der Waals surface area contributed by atoms with Gasteiger partial charge in [-0.1, -0.05) is 60.7 Å². The summed E-state index contributed by atoms with van der Waals surface area (Å²) in [4.78, 5) is 8.24. The van der Waals surface area contributed by atoms with E-state index in [1.165, 1.54) is 30.8 Å². The van der Waals surface area contributed by atoms with Crippen molar-refractivity contribution in [1.29, 1.82) is 0 Å². The van der Waals surface area contributed by atoms with E-state index >= 15 is 0 Å². The van der Waals surface area contributed by atoms with Crippen LogP contribution in [0.25, 0.3) is 21.8 Å². The van der Waals surface area contributed by atoms with Crippen LogP contribution in [0.5, 0.6) is 0 Å². The number of nitrogens with zero attached hydrogens (tertiary/aromatic N) is 2. The molecule has 35 heavy (non-hydrogen) atoms. The van der Waals surface area contributed by atoms with Gasteiger partial charge < -0.3 is 9.97 Å². The minimum Gasteiger partial charge on any atom is -0.664 e. The molecular weight excluding hydrogens is 578 g/mol. The standard InChI is InChI=1S/2C8H6N.2C7H7.2ClH.Sn/c2*1-2-4-8-7(3-1)5-6-9-8;2*1-7-5-3-2-4-6-7;;;/h2*1-6H;2*2-6H,1H2;2*1H;/q2*-1;;;;;+2. The number of para-hydroxylation sites is 2. The van der Waals surface area contributed by atoms with Gasteiger partial charge in [0.15, 0.2) is 0 Å². The van der Waals surface area contributed by atoms with Crippen molar-refractivity contribution in [2.45, 2.75) is 8.87 Å². The summed E-state index contributed by atoms with van der Waals surface area (Å²) in [6, 6.07) is 41.9.